The van der Waals surface area contributed by atoms with Gasteiger partial charge in [-0.25, -0.2) is 0 Å². The molecule has 0 saturated carbocycles. The highest BCUT2D eigenvalue weighted by atomic mass is 79.9. The van der Waals surface area contributed by atoms with Gasteiger partial charge in [-0.3, -0.25) is 4.40 Å². The van der Waals surface area contributed by atoms with Gasteiger partial charge in [-0.2, -0.15) is 5.26 Å². The summed E-state index contributed by atoms with van der Waals surface area (Å²) >= 11 is 3.34. The Bertz CT molecular complexity index is 509. The highest BCUT2D eigenvalue weighted by Crippen LogP contribution is 2.18. The van der Waals surface area contributed by atoms with Crippen LogP contribution in [0.4, 0.5) is 0 Å². The van der Waals surface area contributed by atoms with Gasteiger partial charge < -0.3 is 0 Å². The fourth-order valence-electron chi connectivity index (χ4n) is 1.19. The first-order valence-corrected chi connectivity index (χ1v) is 4.43. The highest BCUT2D eigenvalue weighted by molar-refractivity contribution is 9.10. The number of halogens is 1. The molecule has 0 aliphatic heterocycles. The molecule has 2 aromatic heterocycles. The summed E-state index contributed by atoms with van der Waals surface area (Å²) in [7, 11) is 0. The largest absolute Gasteiger partial charge is 0.269 e. The number of nitriles is 1. The molecular formula is C8H5BrN4. The lowest BCUT2D eigenvalue weighted by Gasteiger charge is -1.98. The minimum Gasteiger partial charge on any atom is -0.269 e. The number of fused-ring (bicyclic) bond motifs is 1. The van der Waals surface area contributed by atoms with Crippen molar-refractivity contribution in [3.63, 3.8) is 0 Å². The van der Waals surface area contributed by atoms with Crippen molar-refractivity contribution in [2.75, 3.05) is 0 Å². The van der Waals surface area contributed by atoms with Crippen LogP contribution < -0.4 is 0 Å². The average molecular weight is 237 g/mol. The monoisotopic (exact) mass is 236 g/mol. The van der Waals surface area contributed by atoms with Crippen LogP contribution >= 0.6 is 15.9 Å². The van der Waals surface area contributed by atoms with Gasteiger partial charge in [-0.15, -0.1) is 10.2 Å². The van der Waals surface area contributed by atoms with Crippen molar-refractivity contribution >= 4 is 21.6 Å². The van der Waals surface area contributed by atoms with Crippen LogP contribution in [0.15, 0.2) is 16.6 Å². The Labute approximate surface area is 82.9 Å². The third kappa shape index (κ3) is 1.11. The van der Waals surface area contributed by atoms with E-state index < -0.39 is 0 Å². The molecule has 2 heterocycles. The van der Waals surface area contributed by atoms with E-state index in [9.17, 15) is 0 Å². The maximum absolute atomic E-state index is 8.83. The summed E-state index contributed by atoms with van der Waals surface area (Å²) in [6, 6.07) is 5.61. The smallest absolute Gasteiger partial charge is 0.176 e. The van der Waals surface area contributed by atoms with Crippen LogP contribution in [0.3, 0.4) is 0 Å². The van der Waals surface area contributed by atoms with Crippen LogP contribution in [0.5, 0.6) is 0 Å². The van der Waals surface area contributed by atoms with Gasteiger partial charge in [0.1, 0.15) is 17.6 Å². The van der Waals surface area contributed by atoms with Crippen molar-refractivity contribution in [3.05, 3.63) is 28.1 Å². The van der Waals surface area contributed by atoms with Gasteiger partial charge in [0.2, 0.25) is 0 Å². The molecule has 0 atom stereocenters. The molecule has 0 unspecified atom stereocenters. The van der Waals surface area contributed by atoms with E-state index in [2.05, 4.69) is 32.2 Å². The topological polar surface area (TPSA) is 54.0 Å². The lowest BCUT2D eigenvalue weighted by molar-refractivity contribution is 0.995. The lowest BCUT2D eigenvalue weighted by Crippen LogP contribution is -1.94. The first-order valence-electron chi connectivity index (χ1n) is 3.64. The Morgan fingerprint density at radius 1 is 1.46 bits per heavy atom. The second-order valence-electron chi connectivity index (χ2n) is 2.58. The Balaban J connectivity index is 2.99. The third-order valence-electron chi connectivity index (χ3n) is 1.78. The Morgan fingerprint density at radius 2 is 2.23 bits per heavy atom. The van der Waals surface area contributed by atoms with Gasteiger partial charge in [0.05, 0.1) is 4.47 Å². The number of aromatic nitrogens is 3. The van der Waals surface area contributed by atoms with Crippen LogP contribution in [0.25, 0.3) is 5.65 Å². The summed E-state index contributed by atoms with van der Waals surface area (Å²) in [4.78, 5) is 0. The number of pyridine rings is 1. The molecule has 0 saturated heterocycles. The van der Waals surface area contributed by atoms with Crippen molar-refractivity contribution in [2.24, 2.45) is 0 Å². The van der Waals surface area contributed by atoms with Crippen LogP contribution in [0.1, 0.15) is 11.5 Å². The summed E-state index contributed by atoms with van der Waals surface area (Å²) in [6.45, 7) is 1.81. The molecule has 0 aliphatic carbocycles. The number of rotatable bonds is 0. The van der Waals surface area contributed by atoms with Gasteiger partial charge in [0.15, 0.2) is 5.65 Å². The molecule has 0 aromatic carbocycles. The Hall–Kier alpha value is -1.41. The molecule has 64 valence electrons. The molecular weight excluding hydrogens is 232 g/mol. The van der Waals surface area contributed by atoms with Gasteiger partial charge >= 0.3 is 0 Å². The van der Waals surface area contributed by atoms with E-state index in [1.807, 2.05) is 6.92 Å². The third-order valence-corrected chi connectivity index (χ3v) is 2.40. The normalized spacial score (nSPS) is 10.2. The van der Waals surface area contributed by atoms with Crippen LogP contribution in [-0.2, 0) is 0 Å². The Kier molecular flexibility index (Phi) is 1.78. The molecule has 0 spiro atoms. The lowest BCUT2D eigenvalue weighted by atomic mass is 10.3. The highest BCUT2D eigenvalue weighted by Gasteiger charge is 2.08. The van der Waals surface area contributed by atoms with Gasteiger partial charge in [0.25, 0.3) is 0 Å². The van der Waals surface area contributed by atoms with E-state index in [-0.39, 0.29) is 0 Å². The summed E-state index contributed by atoms with van der Waals surface area (Å²) in [5.74, 6) is 0.716. The average Bonchev–Trinajstić information content (AvgIpc) is 2.51. The molecule has 5 heteroatoms. The van der Waals surface area contributed by atoms with E-state index in [0.717, 1.165) is 4.47 Å². The molecule has 2 aromatic rings. The maximum atomic E-state index is 8.83. The molecule has 4 nitrogen and oxygen atoms in total. The fraction of sp³-hybridized carbons (Fsp3) is 0.125. The molecule has 0 fully saturated rings. The van der Waals surface area contributed by atoms with Crippen molar-refractivity contribution < 1.29 is 0 Å². The number of aryl methyl sites for hydroxylation is 1. The zero-order chi connectivity index (χ0) is 9.42. The van der Waals surface area contributed by atoms with Gasteiger partial charge in [0, 0.05) is 0 Å². The van der Waals surface area contributed by atoms with Crippen LogP contribution in [0, 0.1) is 18.3 Å². The summed E-state index contributed by atoms with van der Waals surface area (Å²) < 4.78 is 2.55. The molecule has 13 heavy (non-hydrogen) atoms. The second kappa shape index (κ2) is 2.82. The number of hydrogen-bond acceptors (Lipinski definition) is 3. The zero-order valence-corrected chi connectivity index (χ0v) is 8.41. The standard InChI is InChI=1S/C8H5BrN4/c1-5-11-12-8-7(9)3-2-6(4-10)13(5)8/h2-3H,1H3. The van der Waals surface area contributed by atoms with E-state index in [0.29, 0.717) is 17.2 Å². The van der Waals surface area contributed by atoms with E-state index >= 15 is 0 Å². The SMILES string of the molecule is Cc1nnc2c(Br)ccc(C#N)n12. The van der Waals surface area contributed by atoms with Crippen LogP contribution in [-0.4, -0.2) is 14.6 Å². The minimum absolute atomic E-state index is 0.542. The molecule has 0 N–H and O–H groups in total. The first-order chi connectivity index (χ1) is 6.24. The Morgan fingerprint density at radius 3 is 2.92 bits per heavy atom. The predicted molar refractivity (Wildman–Crippen MR) is 50.1 cm³/mol. The van der Waals surface area contributed by atoms with Crippen molar-refractivity contribution in [3.8, 4) is 6.07 Å². The van der Waals surface area contributed by atoms with E-state index in [1.54, 1.807) is 16.5 Å². The van der Waals surface area contributed by atoms with E-state index in [1.165, 1.54) is 0 Å². The molecule has 0 amide bonds. The van der Waals surface area contributed by atoms with Crippen molar-refractivity contribution in [2.45, 2.75) is 6.92 Å². The quantitative estimate of drug-likeness (QED) is 0.700. The molecule has 2 rings (SSSR count). The van der Waals surface area contributed by atoms with E-state index in [4.69, 9.17) is 5.26 Å². The predicted octanol–water partition coefficient (Wildman–Crippen LogP) is 1.67. The zero-order valence-electron chi connectivity index (χ0n) is 6.82. The number of hydrogen-bond donors (Lipinski definition) is 0. The molecule has 0 radical (unpaired) electrons. The second-order valence-corrected chi connectivity index (χ2v) is 3.44. The van der Waals surface area contributed by atoms with Gasteiger partial charge in [-0.1, -0.05) is 0 Å². The minimum atomic E-state index is 0.542. The summed E-state index contributed by atoms with van der Waals surface area (Å²) in [5.41, 5.74) is 1.22. The summed E-state index contributed by atoms with van der Waals surface area (Å²) in [6.07, 6.45) is 0. The molecule has 0 aliphatic rings. The van der Waals surface area contributed by atoms with Crippen LogP contribution in [0.2, 0.25) is 0 Å². The molecule has 0 bridgehead atoms. The van der Waals surface area contributed by atoms with Crippen molar-refractivity contribution in [1.29, 1.82) is 5.26 Å². The summed E-state index contributed by atoms with van der Waals surface area (Å²) in [5, 5.41) is 16.7. The van der Waals surface area contributed by atoms with Crippen molar-refractivity contribution in [1.82, 2.24) is 14.6 Å². The maximum Gasteiger partial charge on any atom is 0.176 e. The fourth-order valence-corrected chi connectivity index (χ4v) is 1.58. The first kappa shape index (κ1) is 8.20. The van der Waals surface area contributed by atoms with Gasteiger partial charge in [-0.05, 0) is 35.0 Å². The number of nitrogens with zero attached hydrogens (tertiary/aromatic N) is 4.